The highest BCUT2D eigenvalue weighted by atomic mass is 35.5. The van der Waals surface area contributed by atoms with Crippen LogP contribution in [0.5, 0.6) is 5.75 Å². The van der Waals surface area contributed by atoms with Gasteiger partial charge in [-0.15, -0.1) is 0 Å². The van der Waals surface area contributed by atoms with E-state index in [1.807, 2.05) is 58.9 Å². The highest BCUT2D eigenvalue weighted by Gasteiger charge is 2.35. The molecule has 0 unspecified atom stereocenters. The van der Waals surface area contributed by atoms with Crippen LogP contribution in [0.3, 0.4) is 0 Å². The van der Waals surface area contributed by atoms with Crippen molar-refractivity contribution in [1.29, 1.82) is 0 Å². The molecule has 3 aromatic carbocycles. The number of hydrogen-bond donors (Lipinski definition) is 1. The number of carbonyl (C=O) groups is 2. The number of carbonyl (C=O) groups excluding carboxylic acids is 2. The number of aryl methyl sites for hydroxylation is 2. The Kier molecular flexibility index (Phi) is 11.4. The number of methoxy groups -OCH3 is 1. The van der Waals surface area contributed by atoms with Gasteiger partial charge in [-0.05, 0) is 75.1 Å². The van der Waals surface area contributed by atoms with Gasteiger partial charge in [-0.1, -0.05) is 67.4 Å². The van der Waals surface area contributed by atoms with E-state index in [0.29, 0.717) is 6.42 Å². The zero-order valence-electron chi connectivity index (χ0n) is 25.1. The van der Waals surface area contributed by atoms with Crippen LogP contribution in [0.15, 0.2) is 71.6 Å². The second kappa shape index (κ2) is 14.6. The van der Waals surface area contributed by atoms with Crippen LogP contribution >= 0.6 is 11.6 Å². The third-order valence-electron chi connectivity index (χ3n) is 7.29. The lowest BCUT2D eigenvalue weighted by Gasteiger charge is -2.34. The molecule has 0 fully saturated rings. The van der Waals surface area contributed by atoms with Gasteiger partial charge >= 0.3 is 0 Å². The van der Waals surface area contributed by atoms with E-state index >= 15 is 0 Å². The number of benzene rings is 3. The molecule has 0 aliphatic carbocycles. The summed E-state index contributed by atoms with van der Waals surface area (Å²) in [6.45, 7) is 9.04. The zero-order valence-corrected chi connectivity index (χ0v) is 26.6. The molecule has 0 bridgehead atoms. The molecule has 0 aromatic heterocycles. The molecule has 1 N–H and O–H groups in total. The number of rotatable bonds is 13. The molecule has 0 spiro atoms. The molecule has 2 amide bonds. The van der Waals surface area contributed by atoms with Crippen LogP contribution in [0.25, 0.3) is 0 Å². The Labute approximate surface area is 254 Å². The number of halogens is 1. The Bertz CT molecular complexity index is 1490. The minimum atomic E-state index is -4.26. The lowest BCUT2D eigenvalue weighted by Crippen LogP contribution is -2.53. The van der Waals surface area contributed by atoms with E-state index in [9.17, 15) is 18.0 Å². The summed E-state index contributed by atoms with van der Waals surface area (Å²) >= 11 is 6.31. The average molecular weight is 614 g/mol. The van der Waals surface area contributed by atoms with Gasteiger partial charge in [-0.2, -0.15) is 0 Å². The fourth-order valence-electron chi connectivity index (χ4n) is 4.54. The fourth-order valence-corrected chi connectivity index (χ4v) is 6.12. The molecule has 3 aromatic rings. The first-order valence-corrected chi connectivity index (χ1v) is 15.8. The van der Waals surface area contributed by atoms with E-state index in [1.54, 1.807) is 24.3 Å². The van der Waals surface area contributed by atoms with Gasteiger partial charge in [0.1, 0.15) is 18.3 Å². The highest BCUT2D eigenvalue weighted by Crippen LogP contribution is 2.35. The molecule has 42 heavy (non-hydrogen) atoms. The Morgan fingerprint density at radius 1 is 0.976 bits per heavy atom. The van der Waals surface area contributed by atoms with Crippen LogP contribution in [0.4, 0.5) is 5.69 Å². The fraction of sp³-hybridized carbons (Fsp3) is 0.375. The SMILES string of the molecule is CC[C@@H](C)NC(=O)[C@@H](CC)N(Cc1ccccc1C)C(=O)CN(c1cc(Cl)ccc1OC)S(=O)(=O)c1ccc(C)cc1. The first-order chi connectivity index (χ1) is 19.9. The van der Waals surface area contributed by atoms with Crippen molar-refractivity contribution >= 4 is 39.1 Å². The molecular formula is C32H40ClN3O5S. The summed E-state index contributed by atoms with van der Waals surface area (Å²) in [5.41, 5.74) is 2.81. The maximum absolute atomic E-state index is 14.3. The van der Waals surface area contributed by atoms with Crippen molar-refractivity contribution < 1.29 is 22.7 Å². The summed E-state index contributed by atoms with van der Waals surface area (Å²) in [6.07, 6.45) is 1.07. The third kappa shape index (κ3) is 7.83. The zero-order chi connectivity index (χ0) is 31.0. The minimum absolute atomic E-state index is 0.00920. The highest BCUT2D eigenvalue weighted by molar-refractivity contribution is 7.92. The van der Waals surface area contributed by atoms with Crippen LogP contribution in [-0.4, -0.2) is 50.9 Å². The molecule has 0 aliphatic rings. The van der Waals surface area contributed by atoms with E-state index < -0.39 is 28.5 Å². The quantitative estimate of drug-likeness (QED) is 0.260. The standard InChI is InChI=1S/C32H40ClN3O5S/c1-7-24(5)34-32(38)28(8-2)35(20-25-12-10-9-11-23(25)4)31(37)21-36(29-19-26(33)15-18-30(29)41-6)42(39,40)27-16-13-22(3)14-17-27/h9-19,24,28H,7-8,20-21H2,1-6H3,(H,34,38)/t24-,28-/m1/s1. The van der Waals surface area contributed by atoms with Gasteiger partial charge in [-0.25, -0.2) is 8.42 Å². The van der Waals surface area contributed by atoms with E-state index in [4.69, 9.17) is 16.3 Å². The number of sulfonamides is 1. The summed E-state index contributed by atoms with van der Waals surface area (Å²) in [7, 11) is -2.84. The van der Waals surface area contributed by atoms with E-state index in [-0.39, 0.29) is 39.8 Å². The van der Waals surface area contributed by atoms with Crippen molar-refractivity contribution in [3.05, 3.63) is 88.4 Å². The van der Waals surface area contributed by atoms with Crippen LogP contribution in [0.1, 0.15) is 50.3 Å². The number of nitrogens with one attached hydrogen (secondary N) is 1. The van der Waals surface area contributed by atoms with Gasteiger partial charge in [-0.3, -0.25) is 13.9 Å². The van der Waals surface area contributed by atoms with Crippen molar-refractivity contribution in [2.24, 2.45) is 0 Å². The van der Waals surface area contributed by atoms with Crippen LogP contribution in [0, 0.1) is 13.8 Å². The molecule has 226 valence electrons. The van der Waals surface area contributed by atoms with Crippen LogP contribution in [0.2, 0.25) is 5.02 Å². The Balaban J connectivity index is 2.14. The van der Waals surface area contributed by atoms with Gasteiger partial charge in [0, 0.05) is 17.6 Å². The molecule has 0 aliphatic heterocycles. The van der Waals surface area contributed by atoms with Gasteiger partial charge in [0.05, 0.1) is 17.7 Å². The summed E-state index contributed by atoms with van der Waals surface area (Å²) < 4.78 is 34.8. The molecule has 0 saturated carbocycles. The smallest absolute Gasteiger partial charge is 0.264 e. The van der Waals surface area contributed by atoms with Gasteiger partial charge in [0.2, 0.25) is 11.8 Å². The molecule has 2 atom stereocenters. The molecule has 8 nitrogen and oxygen atoms in total. The molecule has 10 heteroatoms. The number of hydrogen-bond acceptors (Lipinski definition) is 5. The van der Waals surface area contributed by atoms with Gasteiger partial charge in [0.25, 0.3) is 10.0 Å². The molecule has 0 radical (unpaired) electrons. The largest absolute Gasteiger partial charge is 0.495 e. The van der Waals surface area contributed by atoms with Gasteiger partial charge in [0.15, 0.2) is 0 Å². The Morgan fingerprint density at radius 2 is 1.64 bits per heavy atom. The van der Waals surface area contributed by atoms with Crippen molar-refractivity contribution in [1.82, 2.24) is 10.2 Å². The molecular weight excluding hydrogens is 574 g/mol. The summed E-state index contributed by atoms with van der Waals surface area (Å²) in [6, 6.07) is 17.7. The Hall–Kier alpha value is -3.56. The lowest BCUT2D eigenvalue weighted by atomic mass is 10.1. The summed E-state index contributed by atoms with van der Waals surface area (Å²) in [4.78, 5) is 29.2. The number of anilines is 1. The van der Waals surface area contributed by atoms with Crippen molar-refractivity contribution in [3.63, 3.8) is 0 Å². The minimum Gasteiger partial charge on any atom is -0.495 e. The number of nitrogens with zero attached hydrogens (tertiary/aromatic N) is 2. The first-order valence-electron chi connectivity index (χ1n) is 14.0. The molecule has 0 saturated heterocycles. The number of amides is 2. The average Bonchev–Trinajstić information content (AvgIpc) is 2.96. The molecule has 3 rings (SSSR count). The first kappa shape index (κ1) is 32.9. The third-order valence-corrected chi connectivity index (χ3v) is 9.30. The maximum atomic E-state index is 14.3. The normalized spacial score (nSPS) is 12.7. The lowest BCUT2D eigenvalue weighted by molar-refractivity contribution is -0.140. The second-order valence-corrected chi connectivity index (χ2v) is 12.6. The topological polar surface area (TPSA) is 96.0 Å². The van der Waals surface area contributed by atoms with Crippen LogP contribution in [-0.2, 0) is 26.2 Å². The second-order valence-electron chi connectivity index (χ2n) is 10.3. The number of ether oxygens (including phenoxy) is 1. The maximum Gasteiger partial charge on any atom is 0.264 e. The van der Waals surface area contributed by atoms with E-state index in [0.717, 1.165) is 27.4 Å². The van der Waals surface area contributed by atoms with Crippen molar-refractivity contribution in [3.8, 4) is 5.75 Å². The monoisotopic (exact) mass is 613 g/mol. The summed E-state index contributed by atoms with van der Waals surface area (Å²) in [5, 5.41) is 3.26. The van der Waals surface area contributed by atoms with E-state index in [2.05, 4.69) is 5.32 Å². The summed E-state index contributed by atoms with van der Waals surface area (Å²) in [5.74, 6) is -0.598. The Morgan fingerprint density at radius 3 is 2.24 bits per heavy atom. The van der Waals surface area contributed by atoms with Crippen molar-refractivity contribution in [2.45, 2.75) is 71.0 Å². The van der Waals surface area contributed by atoms with Crippen molar-refractivity contribution in [2.75, 3.05) is 18.0 Å². The van der Waals surface area contributed by atoms with E-state index in [1.165, 1.54) is 30.2 Å². The van der Waals surface area contributed by atoms with Crippen LogP contribution < -0.4 is 14.4 Å². The molecule has 0 heterocycles. The predicted octanol–water partition coefficient (Wildman–Crippen LogP) is 5.88. The van der Waals surface area contributed by atoms with Gasteiger partial charge < -0.3 is 15.0 Å². The predicted molar refractivity (Wildman–Crippen MR) is 167 cm³/mol.